The normalized spacial score (nSPS) is 15.5. The Hall–Kier alpha value is -3.42. The van der Waals surface area contributed by atoms with Crippen LogP contribution in [-0.2, 0) is 9.59 Å². The summed E-state index contributed by atoms with van der Waals surface area (Å²) in [5.74, 6) is -1.46. The highest BCUT2D eigenvalue weighted by molar-refractivity contribution is 8.26. The van der Waals surface area contributed by atoms with Crippen molar-refractivity contribution in [3.05, 3.63) is 83.3 Å². The summed E-state index contributed by atoms with van der Waals surface area (Å²) in [7, 11) is 0. The van der Waals surface area contributed by atoms with E-state index in [1.807, 2.05) is 48.5 Å². The van der Waals surface area contributed by atoms with Crippen molar-refractivity contribution in [2.24, 2.45) is 0 Å². The standard InChI is InChI=1S/C24H16N2O3S2/c27-22(28)14-25-23(29)21(31-24(25)30)13-15-9-11-16(12-10-15)26-19-7-3-1-5-17(19)18-6-2-4-8-20(18)26/h1-13H,14H2,(H,27,28)/b21-13+. The van der Waals surface area contributed by atoms with Crippen LogP contribution in [0, 0.1) is 0 Å². The molecule has 31 heavy (non-hydrogen) atoms. The lowest BCUT2D eigenvalue weighted by Gasteiger charge is -2.10. The summed E-state index contributed by atoms with van der Waals surface area (Å²) in [6, 6.07) is 24.6. The van der Waals surface area contributed by atoms with Gasteiger partial charge in [-0.05, 0) is 35.9 Å². The number of carboxylic acids is 1. The molecule has 2 heterocycles. The molecule has 1 N–H and O–H groups in total. The summed E-state index contributed by atoms with van der Waals surface area (Å²) >= 11 is 6.28. The van der Waals surface area contributed by atoms with Crippen LogP contribution in [0.4, 0.5) is 0 Å². The minimum absolute atomic E-state index is 0.264. The van der Waals surface area contributed by atoms with Gasteiger partial charge >= 0.3 is 5.97 Å². The molecule has 1 aliphatic heterocycles. The minimum atomic E-state index is -1.09. The van der Waals surface area contributed by atoms with Crippen LogP contribution in [0.5, 0.6) is 0 Å². The molecule has 1 saturated heterocycles. The van der Waals surface area contributed by atoms with E-state index >= 15 is 0 Å². The summed E-state index contributed by atoms with van der Waals surface area (Å²) in [5.41, 5.74) is 4.13. The van der Waals surface area contributed by atoms with E-state index in [0.29, 0.717) is 4.91 Å². The number of para-hydroxylation sites is 2. The van der Waals surface area contributed by atoms with Gasteiger partial charge in [-0.3, -0.25) is 14.5 Å². The van der Waals surface area contributed by atoms with Gasteiger partial charge in [0.05, 0.1) is 15.9 Å². The maximum Gasteiger partial charge on any atom is 0.323 e. The summed E-state index contributed by atoms with van der Waals surface area (Å²) in [4.78, 5) is 25.0. The molecule has 1 aliphatic rings. The highest BCUT2D eigenvalue weighted by atomic mass is 32.2. The van der Waals surface area contributed by atoms with Crippen molar-refractivity contribution in [2.75, 3.05) is 6.54 Å². The van der Waals surface area contributed by atoms with E-state index in [1.54, 1.807) is 6.08 Å². The highest BCUT2D eigenvalue weighted by Gasteiger charge is 2.33. The Balaban J connectivity index is 1.52. The monoisotopic (exact) mass is 444 g/mol. The first-order valence-corrected chi connectivity index (χ1v) is 10.8. The fraction of sp³-hybridized carbons (Fsp3) is 0.0417. The molecule has 0 atom stereocenters. The number of rotatable bonds is 4. The lowest BCUT2D eigenvalue weighted by molar-refractivity contribution is -0.140. The van der Waals surface area contributed by atoms with Crippen LogP contribution in [0.2, 0.25) is 0 Å². The average Bonchev–Trinajstić information content (AvgIpc) is 3.24. The fourth-order valence-electron chi connectivity index (χ4n) is 3.84. The van der Waals surface area contributed by atoms with E-state index in [2.05, 4.69) is 28.8 Å². The van der Waals surface area contributed by atoms with Crippen LogP contribution < -0.4 is 0 Å². The first kappa shape index (κ1) is 19.5. The molecule has 1 aromatic heterocycles. The van der Waals surface area contributed by atoms with Gasteiger partial charge in [-0.2, -0.15) is 0 Å². The van der Waals surface area contributed by atoms with Gasteiger partial charge in [0.15, 0.2) is 0 Å². The smallest absolute Gasteiger partial charge is 0.323 e. The summed E-state index contributed by atoms with van der Waals surface area (Å²) in [5, 5.41) is 11.4. The number of carbonyl (C=O) groups is 2. The third kappa shape index (κ3) is 3.41. The highest BCUT2D eigenvalue weighted by Crippen LogP contribution is 2.34. The lowest BCUT2D eigenvalue weighted by atomic mass is 10.2. The number of hydrogen-bond acceptors (Lipinski definition) is 4. The minimum Gasteiger partial charge on any atom is -0.480 e. The van der Waals surface area contributed by atoms with Gasteiger partial charge in [-0.25, -0.2) is 0 Å². The van der Waals surface area contributed by atoms with Crippen LogP contribution in [-0.4, -0.2) is 37.3 Å². The topological polar surface area (TPSA) is 62.5 Å². The van der Waals surface area contributed by atoms with Crippen LogP contribution in [0.3, 0.4) is 0 Å². The molecule has 0 radical (unpaired) electrons. The number of carbonyl (C=O) groups excluding carboxylic acids is 1. The van der Waals surface area contributed by atoms with E-state index in [1.165, 1.54) is 10.8 Å². The quantitative estimate of drug-likeness (QED) is 0.352. The van der Waals surface area contributed by atoms with E-state index < -0.39 is 12.5 Å². The van der Waals surface area contributed by atoms with E-state index in [9.17, 15) is 9.59 Å². The van der Waals surface area contributed by atoms with Crippen molar-refractivity contribution in [2.45, 2.75) is 0 Å². The number of thioether (sulfide) groups is 1. The number of amides is 1. The zero-order valence-corrected chi connectivity index (χ0v) is 17.8. The number of aliphatic carboxylic acids is 1. The number of carboxylic acid groups (broad SMARTS) is 1. The Morgan fingerprint density at radius 2 is 1.52 bits per heavy atom. The number of fused-ring (bicyclic) bond motifs is 3. The molecule has 4 aromatic rings. The van der Waals surface area contributed by atoms with Gasteiger partial charge in [0.1, 0.15) is 10.9 Å². The molecular formula is C24H16N2O3S2. The Morgan fingerprint density at radius 1 is 0.935 bits per heavy atom. The van der Waals surface area contributed by atoms with Crippen molar-refractivity contribution in [1.82, 2.24) is 9.47 Å². The van der Waals surface area contributed by atoms with Crippen LogP contribution in [0.1, 0.15) is 5.56 Å². The van der Waals surface area contributed by atoms with E-state index in [-0.39, 0.29) is 10.2 Å². The Kier molecular flexibility index (Phi) is 4.84. The van der Waals surface area contributed by atoms with Crippen LogP contribution >= 0.6 is 24.0 Å². The second-order valence-electron chi connectivity index (χ2n) is 7.12. The number of aromatic nitrogens is 1. The molecule has 0 unspecified atom stereocenters. The predicted molar refractivity (Wildman–Crippen MR) is 128 cm³/mol. The second-order valence-corrected chi connectivity index (χ2v) is 8.80. The third-order valence-electron chi connectivity index (χ3n) is 5.20. The lowest BCUT2D eigenvalue weighted by Crippen LogP contribution is -2.33. The van der Waals surface area contributed by atoms with E-state index in [4.69, 9.17) is 17.3 Å². The molecule has 0 aliphatic carbocycles. The van der Waals surface area contributed by atoms with Crippen molar-refractivity contribution in [3.63, 3.8) is 0 Å². The molecule has 0 saturated carbocycles. The molecule has 0 bridgehead atoms. The van der Waals surface area contributed by atoms with Crippen LogP contribution in [0.25, 0.3) is 33.6 Å². The van der Waals surface area contributed by atoms with Crippen molar-refractivity contribution in [3.8, 4) is 5.69 Å². The SMILES string of the molecule is O=C(O)CN1C(=O)/C(=C\c2ccc(-n3c4ccccc4c4ccccc43)cc2)SC1=S. The second kappa shape index (κ2) is 7.68. The maximum absolute atomic E-state index is 12.5. The number of benzene rings is 3. The van der Waals surface area contributed by atoms with Gasteiger partial charge < -0.3 is 9.67 Å². The van der Waals surface area contributed by atoms with Crippen LogP contribution in [0.15, 0.2) is 77.7 Å². The van der Waals surface area contributed by atoms with Gasteiger partial charge in [-0.1, -0.05) is 72.5 Å². The van der Waals surface area contributed by atoms with Gasteiger partial charge in [0.25, 0.3) is 5.91 Å². The van der Waals surface area contributed by atoms with Gasteiger partial charge in [0.2, 0.25) is 0 Å². The van der Waals surface area contributed by atoms with Crippen molar-refractivity contribution >= 4 is 68.1 Å². The van der Waals surface area contributed by atoms with Crippen molar-refractivity contribution in [1.29, 1.82) is 0 Å². The maximum atomic E-state index is 12.5. The first-order chi connectivity index (χ1) is 15.0. The fourth-order valence-corrected chi connectivity index (χ4v) is 5.10. The summed E-state index contributed by atoms with van der Waals surface area (Å²) in [6.07, 6.45) is 1.75. The zero-order chi connectivity index (χ0) is 21.5. The molecule has 7 heteroatoms. The summed E-state index contributed by atoms with van der Waals surface area (Å²) < 4.78 is 2.49. The third-order valence-corrected chi connectivity index (χ3v) is 6.57. The molecule has 152 valence electrons. The predicted octanol–water partition coefficient (Wildman–Crippen LogP) is 5.07. The summed E-state index contributed by atoms with van der Waals surface area (Å²) in [6.45, 7) is -0.422. The molecule has 0 spiro atoms. The number of hydrogen-bond donors (Lipinski definition) is 1. The Labute approximate surface area is 187 Å². The molecular weight excluding hydrogens is 428 g/mol. The number of nitrogens with zero attached hydrogens (tertiary/aromatic N) is 2. The van der Waals surface area contributed by atoms with Crippen molar-refractivity contribution < 1.29 is 14.7 Å². The van der Waals surface area contributed by atoms with Gasteiger partial charge in [-0.15, -0.1) is 0 Å². The molecule has 5 nitrogen and oxygen atoms in total. The molecule has 1 fully saturated rings. The first-order valence-electron chi connectivity index (χ1n) is 9.59. The molecule has 5 rings (SSSR count). The average molecular weight is 445 g/mol. The van der Waals surface area contributed by atoms with Gasteiger partial charge in [0, 0.05) is 16.5 Å². The molecule has 1 amide bonds. The zero-order valence-electron chi connectivity index (χ0n) is 16.2. The largest absolute Gasteiger partial charge is 0.480 e. The molecule has 3 aromatic carbocycles. The van der Waals surface area contributed by atoms with E-state index in [0.717, 1.165) is 38.9 Å². The Morgan fingerprint density at radius 3 is 2.10 bits per heavy atom. The Bertz CT molecular complexity index is 1350. The number of thiocarbonyl (C=S) groups is 1.